The van der Waals surface area contributed by atoms with E-state index in [1.807, 2.05) is 42.5 Å². The summed E-state index contributed by atoms with van der Waals surface area (Å²) in [4.78, 5) is 13.7. The Kier molecular flexibility index (Phi) is 4.90. The highest BCUT2D eigenvalue weighted by atomic mass is 35.5. The lowest BCUT2D eigenvalue weighted by Crippen LogP contribution is -2.43. The van der Waals surface area contributed by atoms with E-state index in [1.165, 1.54) is 0 Å². The normalized spacial score (nSPS) is 20.9. The molecule has 0 aromatic heterocycles. The number of hydrogen-bond acceptors (Lipinski definition) is 2. The second-order valence-electron chi connectivity index (χ2n) is 7.79. The Balaban J connectivity index is 2.09. The number of ketones is 1. The van der Waals surface area contributed by atoms with Crippen LogP contribution in [-0.2, 0) is 10.4 Å². The topological polar surface area (TPSA) is 37.3 Å². The first-order chi connectivity index (χ1) is 13.8. The summed E-state index contributed by atoms with van der Waals surface area (Å²) in [6.45, 7) is 3.57. The van der Waals surface area contributed by atoms with Gasteiger partial charge in [-0.15, -0.1) is 0 Å². The third-order valence-corrected chi connectivity index (χ3v) is 6.27. The van der Waals surface area contributed by atoms with Gasteiger partial charge in [0.05, 0.1) is 5.41 Å². The van der Waals surface area contributed by atoms with Gasteiger partial charge in [-0.25, -0.2) is 0 Å². The van der Waals surface area contributed by atoms with Gasteiger partial charge in [0.2, 0.25) is 0 Å². The molecule has 2 nitrogen and oxygen atoms in total. The number of rotatable bonds is 3. The molecule has 0 saturated carbocycles. The van der Waals surface area contributed by atoms with E-state index in [1.54, 1.807) is 50.2 Å². The van der Waals surface area contributed by atoms with Gasteiger partial charge in [0.25, 0.3) is 0 Å². The molecule has 0 bridgehead atoms. The molecule has 3 aromatic carbocycles. The van der Waals surface area contributed by atoms with Gasteiger partial charge in [-0.3, -0.25) is 4.79 Å². The molecule has 3 aromatic rings. The van der Waals surface area contributed by atoms with E-state index < -0.39 is 11.0 Å². The molecule has 0 unspecified atom stereocenters. The molecule has 4 heteroatoms. The van der Waals surface area contributed by atoms with E-state index in [-0.39, 0.29) is 5.78 Å². The first-order valence-electron chi connectivity index (χ1n) is 9.36. The first kappa shape index (κ1) is 19.9. The molecule has 0 radical (unpaired) electrons. The van der Waals surface area contributed by atoms with Crippen molar-refractivity contribution >= 4 is 40.1 Å². The van der Waals surface area contributed by atoms with Gasteiger partial charge < -0.3 is 5.11 Å². The highest BCUT2D eigenvalue weighted by Gasteiger charge is 2.59. The van der Waals surface area contributed by atoms with Crippen LogP contribution in [0.5, 0.6) is 0 Å². The average Bonchev–Trinajstić information content (AvgIpc) is 2.88. The monoisotopic (exact) mass is 422 g/mol. The van der Waals surface area contributed by atoms with E-state index >= 15 is 0 Å². The average molecular weight is 423 g/mol. The van der Waals surface area contributed by atoms with E-state index in [9.17, 15) is 9.90 Å². The van der Waals surface area contributed by atoms with E-state index in [0.717, 1.165) is 11.1 Å². The minimum Gasteiger partial charge on any atom is -0.379 e. The molecule has 0 saturated heterocycles. The van der Waals surface area contributed by atoms with Crippen molar-refractivity contribution in [2.45, 2.75) is 19.4 Å². The third-order valence-electron chi connectivity index (χ3n) is 5.77. The van der Waals surface area contributed by atoms with Crippen LogP contribution in [0.1, 0.15) is 30.5 Å². The van der Waals surface area contributed by atoms with Crippen LogP contribution in [0, 0.1) is 5.41 Å². The van der Waals surface area contributed by atoms with Crippen molar-refractivity contribution in [1.29, 1.82) is 0 Å². The highest BCUT2D eigenvalue weighted by Crippen LogP contribution is 2.59. The largest absolute Gasteiger partial charge is 0.379 e. The number of benzene rings is 3. The number of hydrogen-bond donors (Lipinski definition) is 1. The van der Waals surface area contributed by atoms with Gasteiger partial charge in [-0.1, -0.05) is 77.8 Å². The van der Waals surface area contributed by atoms with Crippen LogP contribution in [0.3, 0.4) is 0 Å². The van der Waals surface area contributed by atoms with Crippen LogP contribution < -0.4 is 0 Å². The third kappa shape index (κ3) is 3.03. The van der Waals surface area contributed by atoms with Crippen LogP contribution in [-0.4, -0.2) is 10.9 Å². The van der Waals surface area contributed by atoms with Gasteiger partial charge in [0.15, 0.2) is 5.78 Å². The summed E-state index contributed by atoms with van der Waals surface area (Å²) in [5.74, 6) is -0.105. The Morgan fingerprint density at radius 3 is 1.79 bits per heavy atom. The molecule has 0 heterocycles. The lowest BCUT2D eigenvalue weighted by atomic mass is 9.69. The lowest BCUT2D eigenvalue weighted by molar-refractivity contribution is -0.129. The minimum atomic E-state index is -1.53. The second-order valence-corrected chi connectivity index (χ2v) is 8.67. The summed E-state index contributed by atoms with van der Waals surface area (Å²) in [6, 6.07) is 23.7. The highest BCUT2D eigenvalue weighted by molar-refractivity contribution is 6.35. The predicted molar refractivity (Wildman–Crippen MR) is 119 cm³/mol. The molecule has 1 N–H and O–H groups in total. The molecule has 4 rings (SSSR count). The van der Waals surface area contributed by atoms with Crippen LogP contribution in [0.15, 0.2) is 78.9 Å². The van der Waals surface area contributed by atoms with Crippen LogP contribution in [0.25, 0.3) is 11.1 Å². The Morgan fingerprint density at radius 1 is 0.724 bits per heavy atom. The maximum atomic E-state index is 13.7. The van der Waals surface area contributed by atoms with Crippen molar-refractivity contribution < 1.29 is 9.90 Å². The Labute approximate surface area is 180 Å². The fraction of sp³-hybridized carbons (Fsp3) is 0.160. The van der Waals surface area contributed by atoms with Crippen molar-refractivity contribution in [2.24, 2.45) is 5.41 Å². The Hall–Kier alpha value is -2.39. The Morgan fingerprint density at radius 2 is 1.24 bits per heavy atom. The molecule has 1 aliphatic carbocycles. The van der Waals surface area contributed by atoms with E-state index in [4.69, 9.17) is 23.2 Å². The molecule has 0 aliphatic heterocycles. The van der Waals surface area contributed by atoms with Crippen molar-refractivity contribution in [2.75, 3.05) is 0 Å². The minimum absolute atomic E-state index is 0.105. The quantitative estimate of drug-likeness (QED) is 0.529. The second kappa shape index (κ2) is 7.14. The fourth-order valence-electron chi connectivity index (χ4n) is 4.13. The molecular weight excluding hydrogens is 403 g/mol. The number of halogens is 2. The molecule has 0 fully saturated rings. The van der Waals surface area contributed by atoms with Crippen molar-refractivity contribution in [3.63, 3.8) is 0 Å². The molecule has 1 aliphatic rings. The maximum Gasteiger partial charge on any atom is 0.173 e. The summed E-state index contributed by atoms with van der Waals surface area (Å²) in [5.41, 5.74) is 0.642. The van der Waals surface area contributed by atoms with Crippen molar-refractivity contribution in [3.8, 4) is 0 Å². The van der Waals surface area contributed by atoms with Crippen molar-refractivity contribution in [3.05, 3.63) is 106 Å². The van der Waals surface area contributed by atoms with Crippen LogP contribution in [0.4, 0.5) is 0 Å². The number of carbonyl (C=O) groups excluding carboxylic acids is 1. The van der Waals surface area contributed by atoms with Gasteiger partial charge >= 0.3 is 0 Å². The molecule has 0 spiro atoms. The summed E-state index contributed by atoms with van der Waals surface area (Å²) in [6.07, 6.45) is 0. The SMILES string of the molecule is CC1(C)C(=O)C(c2ccccc2)=C(c2ccc(Cl)cc2)[C@]1(O)c1ccc(Cl)cc1. The number of aliphatic hydroxyl groups is 1. The predicted octanol–water partition coefficient (Wildman–Crippen LogP) is 6.40. The van der Waals surface area contributed by atoms with Crippen LogP contribution in [0.2, 0.25) is 10.0 Å². The number of allylic oxidation sites excluding steroid dienone is 1. The molecule has 146 valence electrons. The zero-order chi connectivity index (χ0) is 20.8. The standard InChI is InChI=1S/C25H20Cl2O2/c1-24(2)23(28)21(16-6-4-3-5-7-16)22(17-8-12-19(26)13-9-17)25(24,29)18-10-14-20(27)15-11-18/h3-15,29H,1-2H3/t25-/m1/s1. The smallest absolute Gasteiger partial charge is 0.173 e. The zero-order valence-corrected chi connectivity index (χ0v) is 17.6. The van der Waals surface area contributed by atoms with E-state index in [0.29, 0.717) is 26.8 Å². The number of carbonyl (C=O) groups is 1. The Bertz CT molecular complexity index is 1100. The van der Waals surface area contributed by atoms with Gasteiger partial charge in [-0.2, -0.15) is 0 Å². The maximum absolute atomic E-state index is 13.7. The summed E-state index contributed by atoms with van der Waals surface area (Å²) >= 11 is 12.2. The first-order valence-corrected chi connectivity index (χ1v) is 10.1. The van der Waals surface area contributed by atoms with E-state index in [2.05, 4.69) is 0 Å². The fourth-order valence-corrected chi connectivity index (χ4v) is 4.38. The lowest BCUT2D eigenvalue weighted by Gasteiger charge is -2.38. The molecule has 0 amide bonds. The number of Topliss-reactive ketones (excluding diaryl/α,β-unsaturated/α-hetero) is 1. The summed E-state index contributed by atoms with van der Waals surface area (Å²) in [7, 11) is 0. The summed E-state index contributed by atoms with van der Waals surface area (Å²) < 4.78 is 0. The van der Waals surface area contributed by atoms with Gasteiger partial charge in [-0.05, 0) is 54.8 Å². The molecular formula is C25H20Cl2O2. The molecule has 1 atom stereocenters. The van der Waals surface area contributed by atoms with Gasteiger partial charge in [0.1, 0.15) is 5.60 Å². The zero-order valence-electron chi connectivity index (χ0n) is 16.1. The van der Waals surface area contributed by atoms with Gasteiger partial charge in [0, 0.05) is 21.2 Å². The molecule has 29 heavy (non-hydrogen) atoms. The van der Waals surface area contributed by atoms with Crippen LogP contribution >= 0.6 is 23.2 Å². The summed E-state index contributed by atoms with van der Waals surface area (Å²) in [5, 5.41) is 13.4. The van der Waals surface area contributed by atoms with Crippen molar-refractivity contribution in [1.82, 2.24) is 0 Å².